The highest BCUT2D eigenvalue weighted by Gasteiger charge is 2.49. The third-order valence-corrected chi connectivity index (χ3v) is 7.31. The number of rotatable bonds is 6. The van der Waals surface area contributed by atoms with Gasteiger partial charge in [-0.1, -0.05) is 60.7 Å². The molecule has 0 bridgehead atoms. The van der Waals surface area contributed by atoms with E-state index in [2.05, 4.69) is 22.2 Å². The van der Waals surface area contributed by atoms with E-state index in [0.29, 0.717) is 24.8 Å². The van der Waals surface area contributed by atoms with Gasteiger partial charge in [0.1, 0.15) is 23.9 Å². The molecule has 188 valence electrons. The van der Waals surface area contributed by atoms with E-state index < -0.39 is 11.8 Å². The first-order chi connectivity index (χ1) is 17.3. The molecule has 7 heteroatoms. The first kappa shape index (κ1) is 24.4. The Hall–Kier alpha value is -3.32. The van der Waals surface area contributed by atoms with Crippen LogP contribution in [0.4, 0.5) is 13.2 Å². The van der Waals surface area contributed by atoms with Crippen LogP contribution in [-0.4, -0.2) is 18.7 Å². The van der Waals surface area contributed by atoms with Gasteiger partial charge in [-0.3, -0.25) is 4.79 Å². The molecule has 0 aromatic heterocycles. The molecule has 1 saturated heterocycles. The molecule has 3 atom stereocenters. The van der Waals surface area contributed by atoms with Crippen molar-refractivity contribution in [2.45, 2.75) is 50.6 Å². The molecule has 3 aromatic carbocycles. The number of hydrogen-bond acceptors (Lipinski definition) is 4. The Bertz CT molecular complexity index is 1200. The number of halogens is 3. The summed E-state index contributed by atoms with van der Waals surface area (Å²) in [6.45, 7) is 0.939. The van der Waals surface area contributed by atoms with E-state index in [1.807, 2.05) is 48.5 Å². The molecule has 4 nitrogen and oxygen atoms in total. The molecule has 3 unspecified atom stereocenters. The molecule has 1 heterocycles. The lowest BCUT2D eigenvalue weighted by Gasteiger charge is -2.38. The van der Waals surface area contributed by atoms with Gasteiger partial charge in [0.15, 0.2) is 0 Å². The maximum Gasteiger partial charge on any atom is 0.573 e. The van der Waals surface area contributed by atoms with Gasteiger partial charge in [0, 0.05) is 23.9 Å². The van der Waals surface area contributed by atoms with Crippen LogP contribution < -0.4 is 14.8 Å². The Kier molecular flexibility index (Phi) is 6.75. The van der Waals surface area contributed by atoms with Crippen molar-refractivity contribution in [2.24, 2.45) is 5.41 Å². The van der Waals surface area contributed by atoms with Crippen LogP contribution in [0, 0.1) is 5.41 Å². The van der Waals surface area contributed by atoms with E-state index in [-0.39, 0.29) is 35.8 Å². The Labute approximate surface area is 208 Å². The lowest BCUT2D eigenvalue weighted by Crippen LogP contribution is -2.41. The summed E-state index contributed by atoms with van der Waals surface area (Å²) < 4.78 is 49.3. The predicted molar refractivity (Wildman–Crippen MR) is 130 cm³/mol. The van der Waals surface area contributed by atoms with E-state index in [4.69, 9.17) is 4.74 Å². The first-order valence-corrected chi connectivity index (χ1v) is 12.2. The van der Waals surface area contributed by atoms with Gasteiger partial charge in [-0.05, 0) is 60.5 Å². The van der Waals surface area contributed by atoms with Gasteiger partial charge < -0.3 is 14.8 Å². The number of alkyl halides is 3. The lowest BCUT2D eigenvalue weighted by atomic mass is 9.72. The van der Waals surface area contributed by atoms with E-state index in [9.17, 15) is 18.0 Å². The van der Waals surface area contributed by atoms with Crippen LogP contribution in [0.2, 0.25) is 0 Å². The van der Waals surface area contributed by atoms with Crippen molar-refractivity contribution in [3.8, 4) is 11.5 Å². The summed E-state index contributed by atoms with van der Waals surface area (Å²) in [7, 11) is 0. The maximum absolute atomic E-state index is 13.4. The number of Topliss-reactive ketones (excluding diaryl/α,β-unsaturated/α-hetero) is 1. The number of carbonyl (C=O) groups is 1. The Balaban J connectivity index is 1.38. The zero-order chi connectivity index (χ0) is 25.2. The molecular formula is C29H28F3NO3. The Morgan fingerprint density at radius 2 is 1.58 bits per heavy atom. The number of hydrogen-bond donors (Lipinski definition) is 1. The number of ketones is 1. The van der Waals surface area contributed by atoms with Gasteiger partial charge >= 0.3 is 6.36 Å². The fourth-order valence-corrected chi connectivity index (χ4v) is 5.59. The molecular weight excluding hydrogens is 467 g/mol. The third kappa shape index (κ3) is 5.57. The van der Waals surface area contributed by atoms with Gasteiger partial charge in [0.25, 0.3) is 0 Å². The normalized spacial score (nSPS) is 24.1. The molecule has 0 amide bonds. The summed E-state index contributed by atoms with van der Waals surface area (Å²) in [4.78, 5) is 13.4. The van der Waals surface area contributed by atoms with E-state index in [1.54, 1.807) is 6.07 Å². The molecule has 5 rings (SSSR count). The summed E-state index contributed by atoms with van der Waals surface area (Å²) in [6.07, 6.45) is -2.51. The zero-order valence-electron chi connectivity index (χ0n) is 19.8. The Morgan fingerprint density at radius 1 is 0.889 bits per heavy atom. The van der Waals surface area contributed by atoms with Gasteiger partial charge in [0.2, 0.25) is 0 Å². The summed E-state index contributed by atoms with van der Waals surface area (Å²) in [5, 5.41) is 3.52. The van der Waals surface area contributed by atoms with Gasteiger partial charge in [-0.15, -0.1) is 13.2 Å². The molecule has 36 heavy (non-hydrogen) atoms. The SMILES string of the molecule is O=C1CC(c2cc(OCc3ccccc3)cc(OC(F)(F)F)c2)CC12CCNC(c1ccccc1)C2. The molecule has 1 aliphatic carbocycles. The van der Waals surface area contributed by atoms with Crippen molar-refractivity contribution in [1.29, 1.82) is 0 Å². The van der Waals surface area contributed by atoms with Crippen molar-refractivity contribution in [3.63, 3.8) is 0 Å². The number of nitrogens with one attached hydrogen (secondary N) is 1. The summed E-state index contributed by atoms with van der Waals surface area (Å²) in [5.74, 6) is -0.0490. The largest absolute Gasteiger partial charge is 0.573 e. The van der Waals surface area contributed by atoms with E-state index in [1.165, 1.54) is 12.1 Å². The highest BCUT2D eigenvalue weighted by molar-refractivity contribution is 5.88. The molecule has 1 aliphatic heterocycles. The highest BCUT2D eigenvalue weighted by Crippen LogP contribution is 2.52. The topological polar surface area (TPSA) is 47.6 Å². The number of benzene rings is 3. The highest BCUT2D eigenvalue weighted by atomic mass is 19.4. The zero-order valence-corrected chi connectivity index (χ0v) is 19.8. The fraction of sp³-hybridized carbons (Fsp3) is 0.345. The summed E-state index contributed by atoms with van der Waals surface area (Å²) in [6, 6.07) is 23.9. The average Bonchev–Trinajstić information content (AvgIpc) is 3.18. The minimum atomic E-state index is -4.82. The second-order valence-corrected chi connectivity index (χ2v) is 9.74. The fourth-order valence-electron chi connectivity index (χ4n) is 5.59. The minimum Gasteiger partial charge on any atom is -0.489 e. The number of ether oxygens (including phenoxy) is 2. The Morgan fingerprint density at radius 3 is 2.31 bits per heavy atom. The van der Waals surface area contributed by atoms with Crippen molar-refractivity contribution in [1.82, 2.24) is 5.32 Å². The molecule has 1 spiro atoms. The average molecular weight is 496 g/mol. The molecule has 2 aliphatic rings. The smallest absolute Gasteiger partial charge is 0.489 e. The number of piperidine rings is 1. The maximum atomic E-state index is 13.4. The monoisotopic (exact) mass is 495 g/mol. The van der Waals surface area contributed by atoms with Crippen LogP contribution >= 0.6 is 0 Å². The van der Waals surface area contributed by atoms with Crippen molar-refractivity contribution < 1.29 is 27.4 Å². The van der Waals surface area contributed by atoms with Crippen LogP contribution in [0.3, 0.4) is 0 Å². The first-order valence-electron chi connectivity index (χ1n) is 12.2. The van der Waals surface area contributed by atoms with E-state index in [0.717, 1.165) is 24.1 Å². The quantitative estimate of drug-likeness (QED) is 0.412. The van der Waals surface area contributed by atoms with Crippen LogP contribution in [0.25, 0.3) is 0 Å². The third-order valence-electron chi connectivity index (χ3n) is 7.31. The van der Waals surface area contributed by atoms with Crippen molar-refractivity contribution in [2.75, 3.05) is 6.54 Å². The van der Waals surface area contributed by atoms with Gasteiger partial charge in [-0.2, -0.15) is 0 Å². The van der Waals surface area contributed by atoms with Gasteiger partial charge in [0.05, 0.1) is 0 Å². The van der Waals surface area contributed by atoms with Gasteiger partial charge in [-0.25, -0.2) is 0 Å². The molecule has 3 aromatic rings. The predicted octanol–water partition coefficient (Wildman–Crippen LogP) is 6.72. The van der Waals surface area contributed by atoms with E-state index >= 15 is 0 Å². The van der Waals surface area contributed by atoms with Crippen LogP contribution in [0.1, 0.15) is 54.3 Å². The second kappa shape index (κ2) is 9.97. The van der Waals surface area contributed by atoms with Crippen molar-refractivity contribution >= 4 is 5.78 Å². The van der Waals surface area contributed by atoms with Crippen LogP contribution in [0.15, 0.2) is 78.9 Å². The minimum absolute atomic E-state index is 0.0762. The molecule has 1 saturated carbocycles. The second-order valence-electron chi connectivity index (χ2n) is 9.74. The van der Waals surface area contributed by atoms with Crippen molar-refractivity contribution in [3.05, 3.63) is 95.6 Å². The standard InChI is InChI=1S/C29H28F3NO3/c30-29(31,32)36-25-14-22(13-24(16-25)35-19-20-7-3-1-4-8-20)23-15-27(34)28(17-23)11-12-33-26(18-28)21-9-5-2-6-10-21/h1-10,13-14,16,23,26,33H,11-12,15,17-19H2. The molecule has 2 fully saturated rings. The molecule has 0 radical (unpaired) electrons. The summed E-state index contributed by atoms with van der Waals surface area (Å²) >= 11 is 0. The van der Waals surface area contributed by atoms with Crippen LogP contribution in [0.5, 0.6) is 11.5 Å². The number of carbonyl (C=O) groups excluding carboxylic acids is 1. The van der Waals surface area contributed by atoms with Crippen LogP contribution in [-0.2, 0) is 11.4 Å². The summed E-state index contributed by atoms with van der Waals surface area (Å²) in [5.41, 5.74) is 2.20. The molecule has 1 N–H and O–H groups in total. The lowest BCUT2D eigenvalue weighted by molar-refractivity contribution is -0.274.